The molecule has 1 aromatic rings. The van der Waals surface area contributed by atoms with Crippen LogP contribution in [0, 0.1) is 5.92 Å². The summed E-state index contributed by atoms with van der Waals surface area (Å²) >= 11 is 11.9. The predicted octanol–water partition coefficient (Wildman–Crippen LogP) is 2.94. The van der Waals surface area contributed by atoms with E-state index in [0.717, 1.165) is 25.7 Å². The molecule has 0 aromatic heterocycles. The van der Waals surface area contributed by atoms with Crippen molar-refractivity contribution in [2.75, 3.05) is 13.2 Å². The van der Waals surface area contributed by atoms with Gasteiger partial charge in [0.15, 0.2) is 6.61 Å². The van der Waals surface area contributed by atoms with Gasteiger partial charge in [-0.05, 0) is 30.5 Å². The van der Waals surface area contributed by atoms with E-state index >= 15 is 0 Å². The van der Waals surface area contributed by atoms with Crippen molar-refractivity contribution in [3.05, 3.63) is 33.8 Å². The number of carbonyl (C=O) groups excluding carboxylic acids is 3. The minimum absolute atomic E-state index is 0.00526. The summed E-state index contributed by atoms with van der Waals surface area (Å²) in [6.07, 6.45) is 4.42. The Kier molecular flexibility index (Phi) is 6.60. The molecule has 27 heavy (non-hydrogen) atoms. The van der Waals surface area contributed by atoms with Gasteiger partial charge in [0.25, 0.3) is 5.91 Å². The van der Waals surface area contributed by atoms with Crippen molar-refractivity contribution < 1.29 is 19.1 Å². The van der Waals surface area contributed by atoms with Gasteiger partial charge in [0, 0.05) is 35.6 Å². The van der Waals surface area contributed by atoms with Crippen LogP contribution in [0.2, 0.25) is 10.0 Å². The van der Waals surface area contributed by atoms with Crippen LogP contribution in [0.3, 0.4) is 0 Å². The van der Waals surface area contributed by atoms with Gasteiger partial charge in [-0.1, -0.05) is 42.1 Å². The molecule has 6 nitrogen and oxygen atoms in total. The van der Waals surface area contributed by atoms with Crippen LogP contribution in [-0.2, 0) is 25.7 Å². The molecule has 0 bridgehead atoms. The summed E-state index contributed by atoms with van der Waals surface area (Å²) in [4.78, 5) is 38.1. The minimum atomic E-state index is -0.497. The lowest BCUT2D eigenvalue weighted by atomic mass is 10.1. The molecule has 146 valence electrons. The fourth-order valence-electron chi connectivity index (χ4n) is 3.62. The molecule has 1 atom stereocenters. The van der Waals surface area contributed by atoms with Crippen molar-refractivity contribution >= 4 is 41.0 Å². The number of nitrogens with one attached hydrogen (secondary N) is 1. The average Bonchev–Trinajstić information content (AvgIpc) is 3.28. The molecule has 0 radical (unpaired) electrons. The number of likely N-dealkylation sites (tertiary alicyclic amines) is 1. The highest BCUT2D eigenvalue weighted by Crippen LogP contribution is 2.29. The summed E-state index contributed by atoms with van der Waals surface area (Å²) in [5.41, 5.74) is 0.717. The zero-order valence-corrected chi connectivity index (χ0v) is 16.4. The van der Waals surface area contributed by atoms with Crippen LogP contribution in [0.4, 0.5) is 0 Å². The molecule has 0 unspecified atom stereocenters. The number of nitrogens with zero attached hydrogens (tertiary/aromatic N) is 1. The van der Waals surface area contributed by atoms with Gasteiger partial charge in [-0.15, -0.1) is 0 Å². The summed E-state index contributed by atoms with van der Waals surface area (Å²) in [6.45, 7) is 0.228. The maximum Gasteiger partial charge on any atom is 0.311 e. The Morgan fingerprint density at radius 1 is 1.22 bits per heavy atom. The van der Waals surface area contributed by atoms with E-state index in [0.29, 0.717) is 22.2 Å². The Bertz CT molecular complexity index is 734. The number of carbonyl (C=O) groups is 3. The highest BCUT2D eigenvalue weighted by atomic mass is 35.5. The predicted molar refractivity (Wildman–Crippen MR) is 101 cm³/mol. The first-order valence-corrected chi connectivity index (χ1v) is 9.86. The molecule has 1 aliphatic heterocycles. The maximum atomic E-state index is 12.2. The van der Waals surface area contributed by atoms with Crippen LogP contribution < -0.4 is 5.32 Å². The van der Waals surface area contributed by atoms with E-state index in [1.807, 2.05) is 4.90 Å². The molecular formula is C19H22Cl2N2O4. The molecule has 2 amide bonds. The van der Waals surface area contributed by atoms with Crippen LogP contribution in [0.25, 0.3) is 0 Å². The van der Waals surface area contributed by atoms with E-state index in [2.05, 4.69) is 5.32 Å². The molecule has 1 aliphatic carbocycles. The number of hydrogen-bond donors (Lipinski definition) is 1. The second kappa shape index (κ2) is 8.93. The van der Waals surface area contributed by atoms with E-state index < -0.39 is 17.8 Å². The number of ether oxygens (including phenoxy) is 1. The molecule has 3 rings (SSSR count). The van der Waals surface area contributed by atoms with E-state index in [9.17, 15) is 14.4 Å². The Balaban J connectivity index is 1.42. The van der Waals surface area contributed by atoms with Crippen LogP contribution in [0.1, 0.15) is 37.7 Å². The number of hydrogen-bond acceptors (Lipinski definition) is 4. The van der Waals surface area contributed by atoms with Crippen molar-refractivity contribution in [2.24, 2.45) is 5.92 Å². The third-order valence-corrected chi connectivity index (χ3v) is 5.68. The number of benzene rings is 1. The minimum Gasteiger partial charge on any atom is -0.455 e. The van der Waals surface area contributed by atoms with Crippen molar-refractivity contribution in [1.29, 1.82) is 0 Å². The standard InChI is InChI=1S/C19H22Cl2N2O4/c20-14-6-5-12(16(21)8-14)9-22-17(24)11-27-19(26)13-7-18(25)23(10-13)15-3-1-2-4-15/h5-6,8,13,15H,1-4,7,9-11H2,(H,22,24)/t13-/m0/s1. The van der Waals surface area contributed by atoms with Crippen LogP contribution in [-0.4, -0.2) is 41.9 Å². The molecule has 2 aliphatic rings. The average molecular weight is 413 g/mol. The third-order valence-electron chi connectivity index (χ3n) is 5.09. The molecule has 1 saturated heterocycles. The fourth-order valence-corrected chi connectivity index (χ4v) is 4.10. The van der Waals surface area contributed by atoms with Gasteiger partial charge in [-0.25, -0.2) is 0 Å². The second-order valence-corrected chi connectivity index (χ2v) is 7.85. The van der Waals surface area contributed by atoms with E-state index in [1.165, 1.54) is 0 Å². The van der Waals surface area contributed by atoms with Gasteiger partial charge in [0.05, 0.1) is 5.92 Å². The first-order chi connectivity index (χ1) is 12.9. The topological polar surface area (TPSA) is 75.7 Å². The van der Waals surface area contributed by atoms with Crippen molar-refractivity contribution in [1.82, 2.24) is 10.2 Å². The summed E-state index contributed by atoms with van der Waals surface area (Å²) in [6, 6.07) is 5.25. The fraction of sp³-hybridized carbons (Fsp3) is 0.526. The van der Waals surface area contributed by atoms with Crippen LogP contribution in [0.5, 0.6) is 0 Å². The van der Waals surface area contributed by atoms with Gasteiger partial charge in [0.1, 0.15) is 0 Å². The number of amides is 2. The summed E-state index contributed by atoms with van der Waals surface area (Å²) in [5.74, 6) is -1.41. The van der Waals surface area contributed by atoms with E-state index in [-0.39, 0.29) is 31.5 Å². The highest BCUT2D eigenvalue weighted by molar-refractivity contribution is 6.35. The summed E-state index contributed by atoms with van der Waals surface area (Å²) in [5, 5.41) is 3.62. The largest absolute Gasteiger partial charge is 0.455 e. The number of esters is 1. The van der Waals surface area contributed by atoms with E-state index in [1.54, 1.807) is 18.2 Å². The quantitative estimate of drug-likeness (QED) is 0.728. The lowest BCUT2D eigenvalue weighted by Crippen LogP contribution is -2.35. The van der Waals surface area contributed by atoms with Gasteiger partial charge >= 0.3 is 5.97 Å². The molecule has 1 heterocycles. The molecule has 1 N–H and O–H groups in total. The molecule has 8 heteroatoms. The molecule has 2 fully saturated rings. The molecule has 0 spiro atoms. The van der Waals surface area contributed by atoms with E-state index in [4.69, 9.17) is 27.9 Å². The van der Waals surface area contributed by atoms with Gasteiger partial charge in [-0.2, -0.15) is 0 Å². The molecule has 1 saturated carbocycles. The first kappa shape index (κ1) is 20.0. The third kappa shape index (κ3) is 5.14. The first-order valence-electron chi connectivity index (χ1n) is 9.11. The zero-order chi connectivity index (χ0) is 19.4. The molecular weight excluding hydrogens is 391 g/mol. The zero-order valence-electron chi connectivity index (χ0n) is 14.9. The number of halogens is 2. The van der Waals surface area contributed by atoms with Gasteiger partial charge < -0.3 is 15.0 Å². The SMILES string of the molecule is O=C(COC(=O)[C@H]1CC(=O)N(C2CCCC2)C1)NCc1ccc(Cl)cc1Cl. The Hall–Kier alpha value is -1.79. The summed E-state index contributed by atoms with van der Waals surface area (Å²) < 4.78 is 5.10. The van der Waals surface area contributed by atoms with Crippen LogP contribution >= 0.6 is 23.2 Å². The second-order valence-electron chi connectivity index (χ2n) is 7.01. The van der Waals surface area contributed by atoms with Crippen LogP contribution in [0.15, 0.2) is 18.2 Å². The monoisotopic (exact) mass is 412 g/mol. The van der Waals surface area contributed by atoms with Crippen molar-refractivity contribution in [3.8, 4) is 0 Å². The smallest absolute Gasteiger partial charge is 0.311 e. The Morgan fingerprint density at radius 2 is 1.96 bits per heavy atom. The van der Waals surface area contributed by atoms with Gasteiger partial charge in [-0.3, -0.25) is 14.4 Å². The van der Waals surface area contributed by atoms with Crippen molar-refractivity contribution in [2.45, 2.75) is 44.7 Å². The normalized spacial score (nSPS) is 20.1. The lowest BCUT2D eigenvalue weighted by molar-refractivity contribution is -0.152. The maximum absolute atomic E-state index is 12.2. The molecule has 1 aromatic carbocycles. The number of rotatable bonds is 6. The summed E-state index contributed by atoms with van der Waals surface area (Å²) in [7, 11) is 0. The lowest BCUT2D eigenvalue weighted by Gasteiger charge is -2.23. The van der Waals surface area contributed by atoms with Crippen molar-refractivity contribution in [3.63, 3.8) is 0 Å². The van der Waals surface area contributed by atoms with Gasteiger partial charge in [0.2, 0.25) is 5.91 Å². The Labute approximate surface area is 168 Å². The Morgan fingerprint density at radius 3 is 2.67 bits per heavy atom. The highest BCUT2D eigenvalue weighted by Gasteiger charge is 2.39.